The van der Waals surface area contributed by atoms with Crippen molar-refractivity contribution in [2.24, 2.45) is 5.92 Å². The van der Waals surface area contributed by atoms with Crippen molar-refractivity contribution in [3.05, 3.63) is 24.2 Å². The largest absolute Gasteiger partial charge is 0.476 e. The molecule has 2 fully saturated rings. The first-order chi connectivity index (χ1) is 13.2. The molecule has 3 N–H and O–H groups in total. The molecule has 2 aromatic rings. The molecule has 0 aromatic carbocycles. The van der Waals surface area contributed by atoms with E-state index in [0.29, 0.717) is 36.0 Å². The van der Waals surface area contributed by atoms with Crippen LogP contribution in [0, 0.1) is 5.92 Å². The number of nitrogens with one attached hydrogen (secondary N) is 3. The lowest BCUT2D eigenvalue weighted by atomic mass is 10.0. The van der Waals surface area contributed by atoms with Crippen molar-refractivity contribution in [2.45, 2.75) is 44.1 Å². The summed E-state index contributed by atoms with van der Waals surface area (Å²) in [5.74, 6) is 2.75. The van der Waals surface area contributed by atoms with Crippen molar-refractivity contribution < 1.29 is 14.3 Å². The SMILES string of the molecule is CNC(=O)OC1CCC(c2cc(Nc3cncc(OCC4CC4)n3)n[nH]2)C1. The van der Waals surface area contributed by atoms with Crippen LogP contribution < -0.4 is 15.4 Å². The Balaban J connectivity index is 1.33. The fraction of sp³-hybridized carbons (Fsp3) is 0.556. The highest BCUT2D eigenvalue weighted by Gasteiger charge is 2.29. The molecule has 144 valence electrons. The molecule has 2 unspecified atom stereocenters. The lowest BCUT2D eigenvalue weighted by Gasteiger charge is -2.11. The number of hydrogen-bond acceptors (Lipinski definition) is 7. The fourth-order valence-corrected chi connectivity index (χ4v) is 3.25. The van der Waals surface area contributed by atoms with Gasteiger partial charge in [-0.15, -0.1) is 0 Å². The summed E-state index contributed by atoms with van der Waals surface area (Å²) in [7, 11) is 1.57. The first-order valence-electron chi connectivity index (χ1n) is 9.35. The fourth-order valence-electron chi connectivity index (χ4n) is 3.25. The van der Waals surface area contributed by atoms with Crippen LogP contribution in [0.25, 0.3) is 0 Å². The molecular weight excluding hydrogens is 348 g/mol. The van der Waals surface area contributed by atoms with Crippen LogP contribution >= 0.6 is 0 Å². The van der Waals surface area contributed by atoms with E-state index in [2.05, 4.69) is 30.8 Å². The molecule has 2 atom stereocenters. The average Bonchev–Trinajstić information content (AvgIpc) is 3.20. The minimum atomic E-state index is -0.380. The van der Waals surface area contributed by atoms with E-state index in [1.165, 1.54) is 12.8 Å². The van der Waals surface area contributed by atoms with Gasteiger partial charge in [0.15, 0.2) is 11.6 Å². The third-order valence-corrected chi connectivity index (χ3v) is 4.93. The number of ether oxygens (including phenoxy) is 2. The Morgan fingerprint density at radius 3 is 2.96 bits per heavy atom. The summed E-state index contributed by atoms with van der Waals surface area (Å²) in [6.45, 7) is 0.700. The van der Waals surface area contributed by atoms with Crippen LogP contribution in [0.3, 0.4) is 0 Å². The second kappa shape index (κ2) is 7.81. The van der Waals surface area contributed by atoms with Crippen molar-refractivity contribution in [1.82, 2.24) is 25.5 Å². The molecule has 0 spiro atoms. The highest BCUT2D eigenvalue weighted by atomic mass is 16.6. The number of rotatable bonds is 7. The molecule has 9 nitrogen and oxygen atoms in total. The van der Waals surface area contributed by atoms with Crippen molar-refractivity contribution >= 4 is 17.7 Å². The van der Waals surface area contributed by atoms with Gasteiger partial charge < -0.3 is 20.1 Å². The topological polar surface area (TPSA) is 114 Å². The van der Waals surface area contributed by atoms with E-state index >= 15 is 0 Å². The quantitative estimate of drug-likeness (QED) is 0.684. The number of aromatic nitrogens is 4. The Morgan fingerprint density at radius 2 is 2.15 bits per heavy atom. The first-order valence-corrected chi connectivity index (χ1v) is 9.35. The Labute approximate surface area is 157 Å². The Kier molecular flexibility index (Phi) is 5.08. The molecule has 27 heavy (non-hydrogen) atoms. The van der Waals surface area contributed by atoms with Crippen LogP contribution in [-0.2, 0) is 4.74 Å². The lowest BCUT2D eigenvalue weighted by molar-refractivity contribution is 0.102. The highest BCUT2D eigenvalue weighted by Crippen LogP contribution is 2.36. The maximum atomic E-state index is 11.3. The molecule has 2 aliphatic rings. The van der Waals surface area contributed by atoms with Gasteiger partial charge in [0.1, 0.15) is 6.10 Å². The second-order valence-electron chi connectivity index (χ2n) is 7.12. The van der Waals surface area contributed by atoms with Crippen LogP contribution in [0.4, 0.5) is 16.4 Å². The molecule has 0 saturated heterocycles. The molecule has 2 heterocycles. The number of nitrogens with zero attached hydrogens (tertiary/aromatic N) is 3. The summed E-state index contributed by atoms with van der Waals surface area (Å²) < 4.78 is 11.0. The molecule has 1 amide bonds. The normalized spacial score (nSPS) is 21.7. The summed E-state index contributed by atoms with van der Waals surface area (Å²) in [6.07, 6.45) is 7.89. The van der Waals surface area contributed by atoms with Crippen molar-refractivity contribution in [3.8, 4) is 5.88 Å². The van der Waals surface area contributed by atoms with Crippen LogP contribution in [0.5, 0.6) is 5.88 Å². The summed E-state index contributed by atoms with van der Waals surface area (Å²) >= 11 is 0. The van der Waals surface area contributed by atoms with E-state index in [0.717, 1.165) is 25.0 Å². The number of carbonyl (C=O) groups excluding carboxylic acids is 1. The first kappa shape index (κ1) is 17.6. The number of hydrogen-bond donors (Lipinski definition) is 3. The zero-order valence-corrected chi connectivity index (χ0v) is 15.3. The molecule has 0 bridgehead atoms. The summed E-state index contributed by atoms with van der Waals surface area (Å²) in [5, 5.41) is 13.0. The highest BCUT2D eigenvalue weighted by molar-refractivity contribution is 5.66. The van der Waals surface area contributed by atoms with E-state index in [1.54, 1.807) is 19.4 Å². The maximum Gasteiger partial charge on any atom is 0.407 e. The molecule has 2 aromatic heterocycles. The third-order valence-electron chi connectivity index (χ3n) is 4.93. The van der Waals surface area contributed by atoms with Crippen LogP contribution in [0.1, 0.15) is 43.7 Å². The van der Waals surface area contributed by atoms with E-state index in [9.17, 15) is 4.79 Å². The number of aromatic amines is 1. The molecule has 4 rings (SSSR count). The molecule has 0 radical (unpaired) electrons. The molecule has 2 aliphatic carbocycles. The summed E-state index contributed by atoms with van der Waals surface area (Å²) in [5.41, 5.74) is 1.02. The smallest absolute Gasteiger partial charge is 0.407 e. The van der Waals surface area contributed by atoms with Gasteiger partial charge >= 0.3 is 6.09 Å². The number of anilines is 2. The number of H-pyrrole nitrogens is 1. The van der Waals surface area contributed by atoms with Gasteiger partial charge in [0.05, 0.1) is 19.0 Å². The number of carbonyl (C=O) groups is 1. The standard InChI is InChI=1S/C18H24N6O3/c1-19-18(25)27-13-5-4-12(6-13)14-7-15(24-23-14)21-16-8-20-9-17(22-16)26-10-11-2-3-11/h7-9,11-13H,2-6,10H2,1H3,(H,19,25)(H2,21,22,23,24). The van der Waals surface area contributed by atoms with E-state index in [1.807, 2.05) is 6.07 Å². The van der Waals surface area contributed by atoms with Crippen LogP contribution in [-0.4, -0.2) is 46.0 Å². The van der Waals surface area contributed by atoms with Gasteiger partial charge in [-0.25, -0.2) is 4.79 Å². The molecule has 0 aliphatic heterocycles. The lowest BCUT2D eigenvalue weighted by Crippen LogP contribution is -2.24. The van der Waals surface area contributed by atoms with E-state index in [4.69, 9.17) is 9.47 Å². The molecule has 9 heteroatoms. The Hall–Kier alpha value is -2.84. The monoisotopic (exact) mass is 372 g/mol. The second-order valence-corrected chi connectivity index (χ2v) is 7.12. The zero-order valence-electron chi connectivity index (χ0n) is 15.3. The maximum absolute atomic E-state index is 11.3. The Bertz CT molecular complexity index is 791. The predicted molar refractivity (Wildman–Crippen MR) is 98.0 cm³/mol. The average molecular weight is 372 g/mol. The number of amides is 1. The minimum absolute atomic E-state index is 0.0548. The van der Waals surface area contributed by atoms with E-state index < -0.39 is 0 Å². The van der Waals surface area contributed by atoms with Crippen molar-refractivity contribution in [2.75, 3.05) is 19.0 Å². The zero-order chi connectivity index (χ0) is 18.6. The molecular formula is C18H24N6O3. The van der Waals surface area contributed by atoms with Gasteiger partial charge in [-0.2, -0.15) is 10.1 Å². The van der Waals surface area contributed by atoms with Crippen LogP contribution in [0.2, 0.25) is 0 Å². The van der Waals surface area contributed by atoms with Gasteiger partial charge in [0.25, 0.3) is 0 Å². The summed E-state index contributed by atoms with van der Waals surface area (Å²) in [4.78, 5) is 19.9. The Morgan fingerprint density at radius 1 is 1.26 bits per heavy atom. The third kappa shape index (κ3) is 4.66. The van der Waals surface area contributed by atoms with Gasteiger partial charge in [-0.05, 0) is 38.0 Å². The van der Waals surface area contributed by atoms with Gasteiger partial charge in [-0.1, -0.05) is 0 Å². The van der Waals surface area contributed by atoms with Crippen LogP contribution in [0.15, 0.2) is 18.5 Å². The number of alkyl carbamates (subject to hydrolysis) is 1. The van der Waals surface area contributed by atoms with E-state index in [-0.39, 0.29) is 12.2 Å². The molecule has 2 saturated carbocycles. The van der Waals surface area contributed by atoms with Gasteiger partial charge in [0.2, 0.25) is 5.88 Å². The predicted octanol–water partition coefficient (Wildman–Crippen LogP) is 2.72. The summed E-state index contributed by atoms with van der Waals surface area (Å²) in [6, 6.07) is 1.96. The van der Waals surface area contributed by atoms with Gasteiger partial charge in [0, 0.05) is 24.7 Å². The minimum Gasteiger partial charge on any atom is -0.476 e. The van der Waals surface area contributed by atoms with Crippen molar-refractivity contribution in [1.29, 1.82) is 0 Å². The van der Waals surface area contributed by atoms with Gasteiger partial charge in [-0.3, -0.25) is 10.1 Å². The van der Waals surface area contributed by atoms with Crippen molar-refractivity contribution in [3.63, 3.8) is 0 Å².